The molecule has 3 aliphatic rings. The van der Waals surface area contributed by atoms with Crippen molar-refractivity contribution in [3.63, 3.8) is 0 Å². The van der Waals surface area contributed by atoms with Gasteiger partial charge >= 0.3 is 0 Å². The quantitative estimate of drug-likeness (QED) is 0.568. The highest BCUT2D eigenvalue weighted by Gasteiger charge is 2.44. The second-order valence-corrected chi connectivity index (χ2v) is 10.2. The summed E-state index contributed by atoms with van der Waals surface area (Å²) in [5, 5.41) is 0. The SMILES string of the molecule is COc1cc(C(=O)N2CCC3(CC2)CC(CSC)C2=C(CCC=C2)O3)ccc1OC(C)C. The Balaban J connectivity index is 1.45. The van der Waals surface area contributed by atoms with Crippen molar-refractivity contribution in [3.05, 3.63) is 47.2 Å². The molecule has 0 aromatic heterocycles. The maximum atomic E-state index is 13.2. The Hall–Kier alpha value is -2.08. The lowest BCUT2D eigenvalue weighted by atomic mass is 9.76. The average molecular weight is 458 g/mol. The fourth-order valence-electron chi connectivity index (χ4n) is 5.11. The zero-order chi connectivity index (χ0) is 22.7. The van der Waals surface area contributed by atoms with Crippen LogP contribution in [-0.2, 0) is 4.74 Å². The lowest BCUT2D eigenvalue weighted by Gasteiger charge is -2.48. The standard InChI is InChI=1S/C26H35NO4S/c1-18(2)30-23-10-9-19(15-24(23)29-3)25(28)27-13-11-26(12-14-27)16-20(17-32-4)21-7-5-6-8-22(21)31-26/h5,7,9-10,15,18,20H,6,8,11-14,16-17H2,1-4H3. The number of rotatable bonds is 6. The number of benzene rings is 1. The van der Waals surface area contributed by atoms with Gasteiger partial charge in [0.25, 0.3) is 5.91 Å². The van der Waals surface area contributed by atoms with Gasteiger partial charge in [-0.1, -0.05) is 12.2 Å². The molecule has 1 spiro atoms. The van der Waals surface area contributed by atoms with E-state index in [1.165, 1.54) is 11.3 Å². The number of hydrogen-bond acceptors (Lipinski definition) is 5. The fraction of sp³-hybridized carbons (Fsp3) is 0.577. The van der Waals surface area contributed by atoms with Gasteiger partial charge < -0.3 is 19.1 Å². The maximum absolute atomic E-state index is 13.2. The van der Waals surface area contributed by atoms with Gasteiger partial charge in [0.15, 0.2) is 11.5 Å². The van der Waals surface area contributed by atoms with Crippen LogP contribution in [0, 0.1) is 5.92 Å². The highest BCUT2D eigenvalue weighted by molar-refractivity contribution is 7.98. The van der Waals surface area contributed by atoms with E-state index in [0.717, 1.165) is 50.9 Å². The Morgan fingerprint density at radius 1 is 1.28 bits per heavy atom. The Labute approximate surface area is 196 Å². The Bertz CT molecular complexity index is 899. The van der Waals surface area contributed by atoms with Gasteiger partial charge in [-0.2, -0.15) is 11.8 Å². The van der Waals surface area contributed by atoms with Gasteiger partial charge in [-0.15, -0.1) is 0 Å². The van der Waals surface area contributed by atoms with Crippen LogP contribution < -0.4 is 9.47 Å². The van der Waals surface area contributed by atoms with Crippen LogP contribution in [-0.4, -0.2) is 54.7 Å². The first kappa shape index (κ1) is 23.1. The van der Waals surface area contributed by atoms with Crippen molar-refractivity contribution in [3.8, 4) is 11.5 Å². The van der Waals surface area contributed by atoms with Crippen molar-refractivity contribution in [2.75, 3.05) is 32.2 Å². The molecule has 1 aliphatic carbocycles. The monoisotopic (exact) mass is 457 g/mol. The van der Waals surface area contributed by atoms with Crippen LogP contribution in [0.15, 0.2) is 41.7 Å². The Morgan fingerprint density at radius 2 is 2.06 bits per heavy atom. The summed E-state index contributed by atoms with van der Waals surface area (Å²) >= 11 is 1.91. The van der Waals surface area contributed by atoms with E-state index in [1.54, 1.807) is 13.2 Å². The molecule has 1 aromatic carbocycles. The molecule has 1 saturated heterocycles. The number of carbonyl (C=O) groups is 1. The minimum Gasteiger partial charge on any atom is -0.493 e. The van der Waals surface area contributed by atoms with Gasteiger partial charge in [0.2, 0.25) is 0 Å². The highest BCUT2D eigenvalue weighted by atomic mass is 32.2. The van der Waals surface area contributed by atoms with Crippen LogP contribution in [0.25, 0.3) is 0 Å². The molecule has 4 rings (SSSR count). The van der Waals surface area contributed by atoms with E-state index >= 15 is 0 Å². The van der Waals surface area contributed by atoms with Crippen LogP contribution in [0.5, 0.6) is 11.5 Å². The van der Waals surface area contributed by atoms with E-state index in [4.69, 9.17) is 14.2 Å². The highest BCUT2D eigenvalue weighted by Crippen LogP contribution is 2.45. The zero-order valence-electron chi connectivity index (χ0n) is 19.7. The van der Waals surface area contributed by atoms with Gasteiger partial charge in [0, 0.05) is 43.7 Å². The summed E-state index contributed by atoms with van der Waals surface area (Å²) < 4.78 is 17.9. The Morgan fingerprint density at radius 3 is 2.75 bits per heavy atom. The largest absolute Gasteiger partial charge is 0.493 e. The topological polar surface area (TPSA) is 48.0 Å². The number of ether oxygens (including phenoxy) is 3. The molecule has 32 heavy (non-hydrogen) atoms. The number of piperidine rings is 1. The van der Waals surface area contributed by atoms with Gasteiger partial charge in [-0.25, -0.2) is 0 Å². The number of hydrogen-bond donors (Lipinski definition) is 0. The molecule has 0 saturated carbocycles. The normalized spacial score (nSPS) is 22.0. The molecular formula is C26H35NO4S. The molecule has 174 valence electrons. The minimum absolute atomic E-state index is 0.0458. The van der Waals surface area contributed by atoms with Crippen molar-refractivity contribution in [2.24, 2.45) is 5.92 Å². The van der Waals surface area contributed by atoms with Gasteiger partial charge in [-0.05, 0) is 62.6 Å². The van der Waals surface area contributed by atoms with Crippen LogP contribution in [0.3, 0.4) is 0 Å². The average Bonchev–Trinajstić information content (AvgIpc) is 2.79. The first-order valence-corrected chi connectivity index (χ1v) is 13.1. The summed E-state index contributed by atoms with van der Waals surface area (Å²) in [7, 11) is 1.61. The van der Waals surface area contributed by atoms with Crippen LogP contribution in [0.4, 0.5) is 0 Å². The molecule has 1 amide bonds. The minimum atomic E-state index is -0.131. The van der Waals surface area contributed by atoms with E-state index in [9.17, 15) is 4.79 Å². The van der Waals surface area contributed by atoms with E-state index < -0.39 is 0 Å². The fourth-order valence-corrected chi connectivity index (χ4v) is 5.81. The smallest absolute Gasteiger partial charge is 0.253 e. The molecule has 5 nitrogen and oxygen atoms in total. The molecular weight excluding hydrogens is 422 g/mol. The van der Waals surface area contributed by atoms with E-state index in [1.807, 2.05) is 42.6 Å². The number of amides is 1. The molecule has 2 heterocycles. The summed E-state index contributed by atoms with van der Waals surface area (Å²) in [6.45, 7) is 5.38. The molecule has 1 aromatic rings. The van der Waals surface area contributed by atoms with Gasteiger partial charge in [-0.3, -0.25) is 4.79 Å². The summed E-state index contributed by atoms with van der Waals surface area (Å²) in [5.41, 5.74) is 1.92. The number of methoxy groups -OCH3 is 1. The maximum Gasteiger partial charge on any atom is 0.253 e. The van der Waals surface area contributed by atoms with Crippen LogP contribution >= 0.6 is 11.8 Å². The van der Waals surface area contributed by atoms with Crippen molar-refractivity contribution < 1.29 is 19.0 Å². The molecule has 0 radical (unpaired) electrons. The second kappa shape index (κ2) is 9.82. The van der Waals surface area contributed by atoms with Gasteiger partial charge in [0.1, 0.15) is 11.4 Å². The van der Waals surface area contributed by atoms with Crippen LogP contribution in [0.2, 0.25) is 0 Å². The first-order chi connectivity index (χ1) is 15.4. The summed E-state index contributed by atoms with van der Waals surface area (Å²) in [6, 6.07) is 5.46. The molecule has 0 bridgehead atoms. The predicted molar refractivity (Wildman–Crippen MR) is 130 cm³/mol. The van der Waals surface area contributed by atoms with E-state index in [0.29, 0.717) is 23.0 Å². The van der Waals surface area contributed by atoms with E-state index in [2.05, 4.69) is 18.4 Å². The first-order valence-electron chi connectivity index (χ1n) is 11.7. The third-order valence-electron chi connectivity index (χ3n) is 6.66. The molecule has 0 N–H and O–H groups in total. The molecule has 1 atom stereocenters. The third kappa shape index (κ3) is 4.80. The van der Waals surface area contributed by atoms with Crippen molar-refractivity contribution in [1.29, 1.82) is 0 Å². The Kier molecular flexibility index (Phi) is 7.08. The molecule has 6 heteroatoms. The summed E-state index contributed by atoms with van der Waals surface area (Å²) in [6.07, 6.45) is 11.7. The van der Waals surface area contributed by atoms with Crippen molar-refractivity contribution >= 4 is 17.7 Å². The number of nitrogens with zero attached hydrogens (tertiary/aromatic N) is 1. The van der Waals surface area contributed by atoms with Crippen molar-refractivity contribution in [1.82, 2.24) is 4.90 Å². The number of carbonyl (C=O) groups excluding carboxylic acids is 1. The lowest BCUT2D eigenvalue weighted by Crippen LogP contribution is -2.50. The summed E-state index contributed by atoms with van der Waals surface area (Å²) in [5.74, 6) is 4.18. The van der Waals surface area contributed by atoms with Crippen molar-refractivity contribution in [2.45, 2.75) is 57.7 Å². The second-order valence-electron chi connectivity index (χ2n) is 9.29. The van der Waals surface area contributed by atoms with E-state index in [-0.39, 0.29) is 17.6 Å². The third-order valence-corrected chi connectivity index (χ3v) is 7.39. The number of likely N-dealkylation sites (tertiary alicyclic amines) is 1. The number of allylic oxidation sites excluding steroid dienone is 4. The predicted octanol–water partition coefficient (Wildman–Crippen LogP) is 5.46. The molecule has 1 unspecified atom stereocenters. The molecule has 1 fully saturated rings. The van der Waals surface area contributed by atoms with Crippen LogP contribution in [0.1, 0.15) is 56.3 Å². The summed E-state index contributed by atoms with van der Waals surface area (Å²) in [4.78, 5) is 15.2. The number of thioether (sulfide) groups is 1. The van der Waals surface area contributed by atoms with Gasteiger partial charge in [0.05, 0.1) is 13.2 Å². The lowest BCUT2D eigenvalue weighted by molar-refractivity contribution is -0.0707. The zero-order valence-corrected chi connectivity index (χ0v) is 20.5. The molecule has 2 aliphatic heterocycles.